The van der Waals surface area contributed by atoms with Crippen molar-refractivity contribution in [3.63, 3.8) is 0 Å². The number of aliphatic carboxylic acids is 2. The highest BCUT2D eigenvalue weighted by Crippen LogP contribution is 2.21. The van der Waals surface area contributed by atoms with Gasteiger partial charge in [0, 0.05) is 18.1 Å². The first-order valence-electron chi connectivity index (χ1n) is 11.4. The lowest BCUT2D eigenvalue weighted by atomic mass is 9.91. The third-order valence-corrected chi connectivity index (χ3v) is 5.89. The van der Waals surface area contributed by atoms with E-state index in [0.29, 0.717) is 6.42 Å². The Kier molecular flexibility index (Phi) is 17.8. The van der Waals surface area contributed by atoms with E-state index in [-0.39, 0.29) is 19.3 Å². The molecule has 0 bridgehead atoms. The Morgan fingerprint density at radius 1 is 0.933 bits per heavy atom. The summed E-state index contributed by atoms with van der Waals surface area (Å²) < 4.78 is 0. The van der Waals surface area contributed by atoms with E-state index in [1.807, 2.05) is 0 Å². The first kappa shape index (κ1) is 28.8. The molecule has 0 saturated carbocycles. The third-order valence-electron chi connectivity index (χ3n) is 5.25. The van der Waals surface area contributed by atoms with Gasteiger partial charge in [-0.25, -0.2) is 0 Å². The van der Waals surface area contributed by atoms with E-state index in [1.54, 1.807) is 0 Å². The first-order chi connectivity index (χ1) is 14.3. The molecule has 0 rings (SSSR count). The van der Waals surface area contributed by atoms with Gasteiger partial charge in [-0.1, -0.05) is 70.6 Å². The fourth-order valence-electron chi connectivity index (χ4n) is 3.31. The second-order valence-corrected chi connectivity index (χ2v) is 8.58. The maximum atomic E-state index is 11.2. The summed E-state index contributed by atoms with van der Waals surface area (Å²) in [4.78, 5) is 21.8. The normalized spacial score (nSPS) is 14.9. The van der Waals surface area contributed by atoms with Crippen LogP contribution in [0.25, 0.3) is 0 Å². The van der Waals surface area contributed by atoms with E-state index in [2.05, 4.69) is 31.4 Å². The van der Waals surface area contributed by atoms with Gasteiger partial charge in [0.25, 0.3) is 0 Å². The number of hydrogen-bond acceptors (Lipinski definition) is 5. The Morgan fingerprint density at radius 2 is 1.47 bits per heavy atom. The van der Waals surface area contributed by atoms with Crippen LogP contribution in [0.2, 0.25) is 0 Å². The number of carboxylic acid groups (broad SMARTS) is 2. The maximum Gasteiger partial charge on any atom is 0.321 e. The zero-order chi connectivity index (χ0) is 22.8. The van der Waals surface area contributed by atoms with Crippen molar-refractivity contribution < 1.29 is 24.9 Å². The lowest BCUT2D eigenvalue weighted by Crippen LogP contribution is -2.45. The van der Waals surface area contributed by atoms with Crippen molar-refractivity contribution in [2.24, 2.45) is 11.7 Å². The predicted molar refractivity (Wildman–Crippen MR) is 124 cm³/mol. The van der Waals surface area contributed by atoms with Gasteiger partial charge < -0.3 is 21.1 Å². The van der Waals surface area contributed by atoms with Crippen molar-refractivity contribution in [1.29, 1.82) is 0 Å². The van der Waals surface area contributed by atoms with Crippen molar-refractivity contribution in [3.05, 3.63) is 0 Å². The molecule has 0 aliphatic carbocycles. The number of nitrogens with two attached hydrogens (primary N) is 1. The molecule has 4 unspecified atom stereocenters. The van der Waals surface area contributed by atoms with Crippen LogP contribution in [0.15, 0.2) is 0 Å². The van der Waals surface area contributed by atoms with E-state index in [4.69, 9.17) is 15.9 Å². The van der Waals surface area contributed by atoms with E-state index in [9.17, 15) is 14.7 Å². The van der Waals surface area contributed by atoms with Crippen LogP contribution in [0.5, 0.6) is 0 Å². The van der Waals surface area contributed by atoms with Crippen LogP contribution in [0.1, 0.15) is 96.8 Å². The van der Waals surface area contributed by atoms with Crippen LogP contribution in [0.4, 0.5) is 0 Å². The van der Waals surface area contributed by atoms with E-state index in [1.165, 1.54) is 51.4 Å². The SMILES string of the molecule is CCCCCCCCCCCCC#CC(C(O)CCCC(=O)O)C(S)C(N)C(=O)O. The van der Waals surface area contributed by atoms with E-state index < -0.39 is 35.3 Å². The smallest absolute Gasteiger partial charge is 0.321 e. The van der Waals surface area contributed by atoms with Gasteiger partial charge in [0.05, 0.1) is 12.0 Å². The molecule has 7 heteroatoms. The Bertz CT molecular complexity index is 531. The summed E-state index contributed by atoms with van der Waals surface area (Å²) in [6.45, 7) is 2.22. The van der Waals surface area contributed by atoms with E-state index in [0.717, 1.165) is 12.8 Å². The molecular formula is C23H41NO5S. The average molecular weight is 444 g/mol. The lowest BCUT2D eigenvalue weighted by Gasteiger charge is -2.26. The molecule has 0 amide bonds. The number of hydrogen-bond donors (Lipinski definition) is 5. The highest BCUT2D eigenvalue weighted by molar-refractivity contribution is 7.81. The first-order valence-corrected chi connectivity index (χ1v) is 11.9. The number of unbranched alkanes of at least 4 members (excludes halogenated alkanes) is 10. The minimum absolute atomic E-state index is 0.0575. The minimum Gasteiger partial charge on any atom is -0.481 e. The number of aliphatic hydroxyl groups is 1. The fourth-order valence-corrected chi connectivity index (χ4v) is 3.71. The van der Waals surface area contributed by atoms with Gasteiger partial charge in [-0.05, 0) is 19.3 Å². The Hall–Kier alpha value is -1.23. The Balaban J connectivity index is 4.35. The molecule has 0 aliphatic heterocycles. The van der Waals surface area contributed by atoms with Crippen molar-refractivity contribution >= 4 is 24.6 Å². The molecule has 4 atom stereocenters. The van der Waals surface area contributed by atoms with Crippen LogP contribution in [0, 0.1) is 17.8 Å². The summed E-state index contributed by atoms with van der Waals surface area (Å²) in [6, 6.07) is -1.25. The molecular weight excluding hydrogens is 402 g/mol. The number of thiol groups is 1. The molecule has 0 radical (unpaired) electrons. The Labute approximate surface area is 187 Å². The lowest BCUT2D eigenvalue weighted by molar-refractivity contribution is -0.139. The minimum atomic E-state index is -1.25. The molecule has 0 aromatic rings. The van der Waals surface area contributed by atoms with Gasteiger partial charge in [-0.2, -0.15) is 12.6 Å². The van der Waals surface area contributed by atoms with Crippen molar-refractivity contribution in [3.8, 4) is 11.8 Å². The molecule has 0 aromatic carbocycles. The molecule has 30 heavy (non-hydrogen) atoms. The third kappa shape index (κ3) is 14.7. The summed E-state index contributed by atoms with van der Waals surface area (Å²) >= 11 is 4.29. The summed E-state index contributed by atoms with van der Waals surface area (Å²) in [5, 5.41) is 27.4. The van der Waals surface area contributed by atoms with E-state index >= 15 is 0 Å². The second-order valence-electron chi connectivity index (χ2n) is 7.99. The second kappa shape index (κ2) is 18.5. The molecule has 0 heterocycles. The van der Waals surface area contributed by atoms with Crippen LogP contribution < -0.4 is 5.73 Å². The Morgan fingerprint density at radius 3 is 1.97 bits per heavy atom. The average Bonchev–Trinajstić information content (AvgIpc) is 2.70. The van der Waals surface area contributed by atoms with Crippen molar-refractivity contribution in [2.45, 2.75) is 114 Å². The molecule has 0 fully saturated rings. The number of carbonyl (C=O) groups is 2. The quantitative estimate of drug-likeness (QED) is 0.123. The van der Waals surface area contributed by atoms with Gasteiger partial charge in [-0.3, -0.25) is 9.59 Å². The molecule has 0 aliphatic rings. The van der Waals surface area contributed by atoms with Crippen LogP contribution in [-0.2, 0) is 9.59 Å². The largest absolute Gasteiger partial charge is 0.481 e. The topological polar surface area (TPSA) is 121 Å². The van der Waals surface area contributed by atoms with Gasteiger partial charge in [0.2, 0.25) is 0 Å². The summed E-state index contributed by atoms with van der Waals surface area (Å²) in [5.74, 6) is 3.15. The van der Waals surface area contributed by atoms with Crippen LogP contribution in [-0.4, -0.2) is 44.7 Å². The molecule has 0 spiro atoms. The number of carboxylic acids is 2. The highest BCUT2D eigenvalue weighted by Gasteiger charge is 2.32. The highest BCUT2D eigenvalue weighted by atomic mass is 32.1. The summed E-state index contributed by atoms with van der Waals surface area (Å²) in [7, 11) is 0. The van der Waals surface area contributed by atoms with Gasteiger partial charge >= 0.3 is 11.9 Å². The zero-order valence-corrected chi connectivity index (χ0v) is 19.3. The van der Waals surface area contributed by atoms with Crippen LogP contribution >= 0.6 is 12.6 Å². The van der Waals surface area contributed by atoms with Gasteiger partial charge in [0.1, 0.15) is 6.04 Å². The fraction of sp³-hybridized carbons (Fsp3) is 0.826. The van der Waals surface area contributed by atoms with Crippen LogP contribution in [0.3, 0.4) is 0 Å². The van der Waals surface area contributed by atoms with Crippen molar-refractivity contribution in [2.75, 3.05) is 0 Å². The van der Waals surface area contributed by atoms with Gasteiger partial charge in [0.15, 0.2) is 0 Å². The number of rotatable bonds is 18. The van der Waals surface area contributed by atoms with Crippen molar-refractivity contribution in [1.82, 2.24) is 0 Å². The standard InChI is InChI=1S/C23H41NO5S/c1-2-3-4-5-6-7-8-9-10-11-12-13-15-18(22(30)21(24)23(28)29)19(25)16-14-17-20(26)27/h18-19,21-22,25,30H,2-12,14,16-17,24H2,1H3,(H,26,27)(H,28,29). The summed E-state index contributed by atoms with van der Waals surface area (Å²) in [6.07, 6.45) is 12.6. The molecule has 174 valence electrons. The molecule has 5 N–H and O–H groups in total. The monoisotopic (exact) mass is 443 g/mol. The molecule has 6 nitrogen and oxygen atoms in total. The zero-order valence-electron chi connectivity index (χ0n) is 18.4. The summed E-state index contributed by atoms with van der Waals surface area (Å²) in [5.41, 5.74) is 5.66. The predicted octanol–water partition coefficient (Wildman–Crippen LogP) is 4.24. The maximum absolute atomic E-state index is 11.2. The van der Waals surface area contributed by atoms with Gasteiger partial charge in [-0.15, -0.1) is 5.92 Å². The molecule has 0 aromatic heterocycles. The molecule has 0 saturated heterocycles. The number of aliphatic hydroxyl groups excluding tert-OH is 1.